The van der Waals surface area contributed by atoms with Crippen molar-refractivity contribution in [1.29, 1.82) is 0 Å². The highest BCUT2D eigenvalue weighted by Crippen LogP contribution is 2.34. The average Bonchev–Trinajstić information content (AvgIpc) is 2.41. The third kappa shape index (κ3) is 3.10. The number of rotatable bonds is 4. The third-order valence-electron chi connectivity index (χ3n) is 3.41. The molecule has 0 heterocycles. The van der Waals surface area contributed by atoms with E-state index in [1.807, 2.05) is 0 Å². The van der Waals surface area contributed by atoms with Crippen LogP contribution in [0.3, 0.4) is 0 Å². The van der Waals surface area contributed by atoms with Crippen LogP contribution in [0.15, 0.2) is 12.1 Å². The molecule has 1 saturated carbocycles. The Morgan fingerprint density at radius 1 is 1.26 bits per heavy atom. The molecule has 19 heavy (non-hydrogen) atoms. The second kappa shape index (κ2) is 5.82. The number of carboxylic acids is 1. The van der Waals surface area contributed by atoms with Gasteiger partial charge in [-0.1, -0.05) is 6.42 Å². The van der Waals surface area contributed by atoms with Gasteiger partial charge in [0.15, 0.2) is 11.5 Å². The van der Waals surface area contributed by atoms with Gasteiger partial charge < -0.3 is 20.3 Å². The van der Waals surface area contributed by atoms with Gasteiger partial charge in [-0.2, -0.15) is 0 Å². The Bertz CT molecular complexity index is 467. The number of anilines is 1. The van der Waals surface area contributed by atoms with Crippen LogP contribution < -0.4 is 15.2 Å². The lowest BCUT2D eigenvalue weighted by molar-refractivity contribution is 0.0696. The van der Waals surface area contributed by atoms with Gasteiger partial charge in [0.05, 0.1) is 24.5 Å². The molecular weight excluding hydrogens is 246 g/mol. The van der Waals surface area contributed by atoms with Crippen LogP contribution in [0.1, 0.15) is 42.5 Å². The summed E-state index contributed by atoms with van der Waals surface area (Å²) in [6.45, 7) is 0. The Morgan fingerprint density at radius 3 is 2.53 bits per heavy atom. The lowest BCUT2D eigenvalue weighted by Gasteiger charge is -2.24. The van der Waals surface area contributed by atoms with Gasteiger partial charge in [0, 0.05) is 12.1 Å². The molecule has 0 unspecified atom stereocenters. The molecule has 5 heteroatoms. The molecule has 0 saturated heterocycles. The summed E-state index contributed by atoms with van der Waals surface area (Å²) in [5.74, 6) is -0.122. The van der Waals surface area contributed by atoms with Crippen molar-refractivity contribution in [3.8, 4) is 11.5 Å². The largest absolute Gasteiger partial charge is 0.493 e. The first-order valence-corrected chi connectivity index (χ1v) is 6.49. The number of benzene rings is 1. The van der Waals surface area contributed by atoms with Crippen molar-refractivity contribution in [1.82, 2.24) is 0 Å². The normalized spacial score (nSPS) is 16.1. The van der Waals surface area contributed by atoms with Gasteiger partial charge in [0.1, 0.15) is 0 Å². The van der Waals surface area contributed by atoms with E-state index in [-0.39, 0.29) is 17.4 Å². The summed E-state index contributed by atoms with van der Waals surface area (Å²) in [5.41, 5.74) is 5.91. The van der Waals surface area contributed by atoms with Crippen LogP contribution in [-0.4, -0.2) is 24.3 Å². The summed E-state index contributed by atoms with van der Waals surface area (Å²) >= 11 is 0. The number of hydrogen-bond acceptors (Lipinski definition) is 4. The maximum atomic E-state index is 11.1. The topological polar surface area (TPSA) is 81.8 Å². The number of nitrogens with two attached hydrogens (primary N) is 1. The molecule has 104 valence electrons. The van der Waals surface area contributed by atoms with Crippen molar-refractivity contribution < 1.29 is 19.4 Å². The van der Waals surface area contributed by atoms with E-state index in [0.29, 0.717) is 11.5 Å². The van der Waals surface area contributed by atoms with Crippen LogP contribution in [0, 0.1) is 0 Å². The van der Waals surface area contributed by atoms with Crippen LogP contribution in [0.5, 0.6) is 11.5 Å². The fraction of sp³-hybridized carbons (Fsp3) is 0.500. The molecule has 0 spiro atoms. The number of methoxy groups -OCH3 is 1. The summed E-state index contributed by atoms with van der Waals surface area (Å²) in [4.78, 5) is 11.1. The Labute approximate surface area is 112 Å². The smallest absolute Gasteiger partial charge is 0.337 e. The number of carbonyl (C=O) groups is 1. The van der Waals surface area contributed by atoms with Crippen LogP contribution in [0.25, 0.3) is 0 Å². The van der Waals surface area contributed by atoms with Crippen LogP contribution >= 0.6 is 0 Å². The lowest BCUT2D eigenvalue weighted by atomic mass is 9.98. The minimum absolute atomic E-state index is 0.0478. The number of hydrogen-bond donors (Lipinski definition) is 2. The lowest BCUT2D eigenvalue weighted by Crippen LogP contribution is -2.20. The summed E-state index contributed by atoms with van der Waals surface area (Å²) in [7, 11) is 1.52. The summed E-state index contributed by atoms with van der Waals surface area (Å²) < 4.78 is 11.1. The number of nitrogen functional groups attached to an aromatic ring is 1. The highest BCUT2D eigenvalue weighted by atomic mass is 16.5. The van der Waals surface area contributed by atoms with Crippen LogP contribution in [-0.2, 0) is 0 Å². The van der Waals surface area contributed by atoms with Crippen molar-refractivity contribution in [3.63, 3.8) is 0 Å². The fourth-order valence-electron chi connectivity index (χ4n) is 2.38. The molecule has 0 aliphatic heterocycles. The molecule has 1 aromatic carbocycles. The number of carboxylic acid groups (broad SMARTS) is 1. The van der Waals surface area contributed by atoms with E-state index in [1.165, 1.54) is 25.7 Å². The van der Waals surface area contributed by atoms with Crippen molar-refractivity contribution in [2.24, 2.45) is 0 Å². The molecule has 0 bridgehead atoms. The molecule has 0 radical (unpaired) electrons. The molecule has 1 aliphatic carbocycles. The summed E-state index contributed by atoms with van der Waals surface area (Å²) in [6, 6.07) is 2.95. The quantitative estimate of drug-likeness (QED) is 0.818. The van der Waals surface area contributed by atoms with Gasteiger partial charge in [-0.3, -0.25) is 0 Å². The fourth-order valence-corrected chi connectivity index (χ4v) is 2.38. The van der Waals surface area contributed by atoms with Gasteiger partial charge in [-0.05, 0) is 25.7 Å². The highest BCUT2D eigenvalue weighted by molar-refractivity contribution is 5.94. The van der Waals surface area contributed by atoms with Gasteiger partial charge in [0.25, 0.3) is 0 Å². The van der Waals surface area contributed by atoms with Crippen molar-refractivity contribution in [2.45, 2.75) is 38.2 Å². The van der Waals surface area contributed by atoms with Crippen molar-refractivity contribution in [2.75, 3.05) is 12.8 Å². The first-order chi connectivity index (χ1) is 9.11. The van der Waals surface area contributed by atoms with E-state index in [0.717, 1.165) is 25.7 Å². The Balaban J connectivity index is 2.26. The van der Waals surface area contributed by atoms with Gasteiger partial charge in [-0.15, -0.1) is 0 Å². The molecule has 3 N–H and O–H groups in total. The maximum absolute atomic E-state index is 11.1. The predicted octanol–water partition coefficient (Wildman–Crippen LogP) is 2.69. The second-order valence-electron chi connectivity index (χ2n) is 4.77. The molecule has 2 rings (SSSR count). The van der Waals surface area contributed by atoms with E-state index < -0.39 is 5.97 Å². The van der Waals surface area contributed by atoms with E-state index in [9.17, 15) is 4.79 Å². The zero-order chi connectivity index (χ0) is 13.8. The predicted molar refractivity (Wildman–Crippen MR) is 71.9 cm³/mol. The molecule has 1 aromatic rings. The van der Waals surface area contributed by atoms with Gasteiger partial charge in [0.2, 0.25) is 0 Å². The zero-order valence-corrected chi connectivity index (χ0v) is 11.0. The van der Waals surface area contributed by atoms with E-state index >= 15 is 0 Å². The molecule has 0 atom stereocenters. The Kier molecular flexibility index (Phi) is 4.14. The molecule has 0 amide bonds. The van der Waals surface area contributed by atoms with Gasteiger partial charge >= 0.3 is 5.97 Å². The van der Waals surface area contributed by atoms with Crippen LogP contribution in [0.4, 0.5) is 5.69 Å². The van der Waals surface area contributed by atoms with Crippen molar-refractivity contribution in [3.05, 3.63) is 17.7 Å². The monoisotopic (exact) mass is 265 g/mol. The Hall–Kier alpha value is -1.91. The SMILES string of the molecule is COc1cc(N)c(C(=O)O)cc1OC1CCCCC1. The zero-order valence-electron chi connectivity index (χ0n) is 11.0. The standard InChI is InChI=1S/C14H19NO4/c1-18-12-8-11(15)10(14(16)17)7-13(12)19-9-5-3-2-4-6-9/h7-9H,2-6,15H2,1H3,(H,16,17). The minimum Gasteiger partial charge on any atom is -0.493 e. The Morgan fingerprint density at radius 2 is 1.95 bits per heavy atom. The molecule has 0 aromatic heterocycles. The summed E-state index contributed by atoms with van der Waals surface area (Å²) in [5, 5.41) is 9.08. The molecule has 1 aliphatic rings. The molecule has 5 nitrogen and oxygen atoms in total. The number of ether oxygens (including phenoxy) is 2. The molecule has 1 fully saturated rings. The van der Waals surface area contributed by atoms with E-state index in [4.69, 9.17) is 20.3 Å². The van der Waals surface area contributed by atoms with E-state index in [1.54, 1.807) is 0 Å². The minimum atomic E-state index is -1.06. The highest BCUT2D eigenvalue weighted by Gasteiger charge is 2.19. The second-order valence-corrected chi connectivity index (χ2v) is 4.77. The van der Waals surface area contributed by atoms with Crippen LogP contribution in [0.2, 0.25) is 0 Å². The van der Waals surface area contributed by atoms with Gasteiger partial charge in [-0.25, -0.2) is 4.79 Å². The maximum Gasteiger partial charge on any atom is 0.337 e. The molecular formula is C14H19NO4. The third-order valence-corrected chi connectivity index (χ3v) is 3.41. The number of aromatic carboxylic acids is 1. The van der Waals surface area contributed by atoms with E-state index in [2.05, 4.69) is 0 Å². The summed E-state index contributed by atoms with van der Waals surface area (Å²) in [6.07, 6.45) is 5.65. The van der Waals surface area contributed by atoms with Crippen molar-refractivity contribution >= 4 is 11.7 Å². The first-order valence-electron chi connectivity index (χ1n) is 6.49. The first kappa shape index (κ1) is 13.5. The average molecular weight is 265 g/mol.